The van der Waals surface area contributed by atoms with Crippen LogP contribution in [0.4, 0.5) is 8.78 Å². The molecule has 2 rings (SSSR count). The summed E-state index contributed by atoms with van der Waals surface area (Å²) in [5.41, 5.74) is -0.669. The molecule has 0 saturated heterocycles. The van der Waals surface area contributed by atoms with E-state index in [4.69, 9.17) is 4.74 Å². The molecule has 0 saturated carbocycles. The van der Waals surface area contributed by atoms with Crippen LogP contribution in [-0.2, 0) is 12.0 Å². The van der Waals surface area contributed by atoms with E-state index < -0.39 is 11.4 Å². The molecule has 0 aliphatic rings. The predicted octanol–water partition coefficient (Wildman–Crippen LogP) is 3.42. The molecule has 0 fully saturated rings. The van der Waals surface area contributed by atoms with Crippen LogP contribution in [-0.4, -0.2) is 12.2 Å². The third-order valence-electron chi connectivity index (χ3n) is 3.19. The van der Waals surface area contributed by atoms with E-state index in [1.807, 2.05) is 0 Å². The van der Waals surface area contributed by atoms with Crippen molar-refractivity contribution in [3.05, 3.63) is 65.2 Å². The predicted molar refractivity (Wildman–Crippen MR) is 72.6 cm³/mol. The normalized spacial score (nSPS) is 13.8. The summed E-state index contributed by atoms with van der Waals surface area (Å²) in [5.74, 6) is -0.549. The minimum Gasteiger partial charge on any atom is -0.497 e. The van der Waals surface area contributed by atoms with Gasteiger partial charge in [-0.2, -0.15) is 0 Å². The van der Waals surface area contributed by atoms with Crippen LogP contribution in [0.2, 0.25) is 0 Å². The van der Waals surface area contributed by atoms with Crippen molar-refractivity contribution < 1.29 is 18.6 Å². The summed E-state index contributed by atoms with van der Waals surface area (Å²) in [6, 6.07) is 10.2. The Morgan fingerprint density at radius 3 is 2.50 bits per heavy atom. The van der Waals surface area contributed by atoms with Crippen LogP contribution < -0.4 is 4.74 Å². The Labute approximate surface area is 116 Å². The summed E-state index contributed by atoms with van der Waals surface area (Å²) in [6.07, 6.45) is 0.119. The van der Waals surface area contributed by atoms with Crippen molar-refractivity contribution in [3.8, 4) is 5.75 Å². The molecular formula is C16H16F2O2. The Morgan fingerprint density at radius 2 is 1.90 bits per heavy atom. The average molecular weight is 278 g/mol. The molecular weight excluding hydrogens is 262 g/mol. The third-order valence-corrected chi connectivity index (χ3v) is 3.19. The van der Waals surface area contributed by atoms with E-state index in [9.17, 15) is 13.9 Å². The number of methoxy groups -OCH3 is 1. The second-order valence-corrected chi connectivity index (χ2v) is 4.93. The van der Waals surface area contributed by atoms with E-state index in [0.717, 1.165) is 0 Å². The number of rotatable bonds is 4. The van der Waals surface area contributed by atoms with Crippen LogP contribution in [0.15, 0.2) is 42.5 Å². The lowest BCUT2D eigenvalue weighted by atomic mass is 9.88. The average Bonchev–Trinajstić information content (AvgIpc) is 2.37. The summed E-state index contributed by atoms with van der Waals surface area (Å²) in [5, 5.41) is 10.5. The van der Waals surface area contributed by atoms with Gasteiger partial charge in [0.2, 0.25) is 0 Å². The minimum absolute atomic E-state index is 0.119. The molecule has 0 spiro atoms. The van der Waals surface area contributed by atoms with Gasteiger partial charge >= 0.3 is 0 Å². The van der Waals surface area contributed by atoms with Crippen LogP contribution in [0.1, 0.15) is 18.1 Å². The van der Waals surface area contributed by atoms with Gasteiger partial charge in [0.25, 0.3) is 0 Å². The molecule has 1 N–H and O–H groups in total. The number of hydrogen-bond donors (Lipinski definition) is 1. The van der Waals surface area contributed by atoms with Gasteiger partial charge in [-0.3, -0.25) is 0 Å². The molecule has 0 radical (unpaired) electrons. The van der Waals surface area contributed by atoms with E-state index >= 15 is 0 Å². The molecule has 1 atom stereocenters. The van der Waals surface area contributed by atoms with Gasteiger partial charge in [-0.15, -0.1) is 0 Å². The summed E-state index contributed by atoms with van der Waals surface area (Å²) >= 11 is 0. The molecule has 0 amide bonds. The molecule has 0 heterocycles. The molecule has 2 nitrogen and oxygen atoms in total. The van der Waals surface area contributed by atoms with Gasteiger partial charge in [-0.25, -0.2) is 8.78 Å². The van der Waals surface area contributed by atoms with E-state index in [1.54, 1.807) is 18.2 Å². The summed E-state index contributed by atoms with van der Waals surface area (Å²) in [6.45, 7) is 1.50. The number of aliphatic hydroxyl groups is 1. The molecule has 2 aromatic carbocycles. The lowest BCUT2D eigenvalue weighted by Gasteiger charge is -2.24. The Kier molecular flexibility index (Phi) is 4.04. The van der Waals surface area contributed by atoms with Gasteiger partial charge in [0, 0.05) is 18.1 Å². The largest absolute Gasteiger partial charge is 0.497 e. The van der Waals surface area contributed by atoms with E-state index in [2.05, 4.69) is 0 Å². The number of halogens is 2. The molecule has 0 aliphatic carbocycles. The van der Waals surface area contributed by atoms with Gasteiger partial charge in [-0.05, 0) is 36.8 Å². The summed E-state index contributed by atoms with van der Waals surface area (Å²) in [4.78, 5) is 0. The second-order valence-electron chi connectivity index (χ2n) is 4.93. The summed E-state index contributed by atoms with van der Waals surface area (Å²) in [7, 11) is 1.44. The molecule has 1 unspecified atom stereocenters. The monoisotopic (exact) mass is 278 g/mol. The maximum absolute atomic E-state index is 14.0. The van der Waals surface area contributed by atoms with E-state index in [1.165, 1.54) is 38.3 Å². The van der Waals surface area contributed by atoms with Crippen molar-refractivity contribution in [2.45, 2.75) is 18.9 Å². The smallest absolute Gasteiger partial charge is 0.132 e. The van der Waals surface area contributed by atoms with Gasteiger partial charge < -0.3 is 9.84 Å². The van der Waals surface area contributed by atoms with Crippen LogP contribution in [0.3, 0.4) is 0 Å². The SMILES string of the molecule is COc1ccc(C(C)(O)Cc2cccc(F)c2)c(F)c1. The van der Waals surface area contributed by atoms with Crippen molar-refractivity contribution in [1.82, 2.24) is 0 Å². The fourth-order valence-corrected chi connectivity index (χ4v) is 2.20. The first-order valence-corrected chi connectivity index (χ1v) is 6.23. The molecule has 0 aliphatic heterocycles. The maximum atomic E-state index is 14.0. The Hall–Kier alpha value is -1.94. The molecule has 0 aromatic heterocycles. The minimum atomic E-state index is -1.43. The van der Waals surface area contributed by atoms with Crippen molar-refractivity contribution in [2.24, 2.45) is 0 Å². The Bertz CT molecular complexity index is 609. The van der Waals surface area contributed by atoms with Crippen molar-refractivity contribution in [1.29, 1.82) is 0 Å². The first kappa shape index (κ1) is 14.5. The number of ether oxygens (including phenoxy) is 1. The van der Waals surface area contributed by atoms with Crippen LogP contribution in [0.25, 0.3) is 0 Å². The maximum Gasteiger partial charge on any atom is 0.132 e. The van der Waals surface area contributed by atoms with Crippen LogP contribution >= 0.6 is 0 Å². The Balaban J connectivity index is 2.30. The zero-order chi connectivity index (χ0) is 14.8. The first-order valence-electron chi connectivity index (χ1n) is 6.23. The molecule has 0 bridgehead atoms. The van der Waals surface area contributed by atoms with Gasteiger partial charge in [-0.1, -0.05) is 12.1 Å². The van der Waals surface area contributed by atoms with Gasteiger partial charge in [0.15, 0.2) is 0 Å². The topological polar surface area (TPSA) is 29.5 Å². The van der Waals surface area contributed by atoms with E-state index in [0.29, 0.717) is 11.3 Å². The fourth-order valence-electron chi connectivity index (χ4n) is 2.20. The van der Waals surface area contributed by atoms with Crippen molar-refractivity contribution in [2.75, 3.05) is 7.11 Å². The zero-order valence-corrected chi connectivity index (χ0v) is 11.4. The van der Waals surface area contributed by atoms with E-state index in [-0.39, 0.29) is 17.8 Å². The van der Waals surface area contributed by atoms with Crippen LogP contribution in [0.5, 0.6) is 5.75 Å². The van der Waals surface area contributed by atoms with Gasteiger partial charge in [0.1, 0.15) is 17.4 Å². The highest BCUT2D eigenvalue weighted by Gasteiger charge is 2.27. The third kappa shape index (κ3) is 3.14. The highest BCUT2D eigenvalue weighted by Crippen LogP contribution is 2.29. The molecule has 106 valence electrons. The molecule has 4 heteroatoms. The van der Waals surface area contributed by atoms with Crippen molar-refractivity contribution >= 4 is 0 Å². The lowest BCUT2D eigenvalue weighted by molar-refractivity contribution is 0.0537. The highest BCUT2D eigenvalue weighted by molar-refractivity contribution is 5.33. The molecule has 20 heavy (non-hydrogen) atoms. The highest BCUT2D eigenvalue weighted by atomic mass is 19.1. The molecule has 2 aromatic rings. The van der Waals surface area contributed by atoms with Crippen LogP contribution in [0, 0.1) is 11.6 Å². The van der Waals surface area contributed by atoms with Gasteiger partial charge in [0.05, 0.1) is 12.7 Å². The standard InChI is InChI=1S/C16H16F2O2/c1-16(19,10-11-4-3-5-12(17)8-11)14-7-6-13(20-2)9-15(14)18/h3-9,19H,10H2,1-2H3. The second kappa shape index (κ2) is 5.59. The summed E-state index contributed by atoms with van der Waals surface area (Å²) < 4.78 is 32.1. The fraction of sp³-hybridized carbons (Fsp3) is 0.250. The van der Waals surface area contributed by atoms with Crippen molar-refractivity contribution in [3.63, 3.8) is 0 Å². The zero-order valence-electron chi connectivity index (χ0n) is 11.4. The first-order chi connectivity index (χ1) is 9.42. The number of hydrogen-bond acceptors (Lipinski definition) is 2. The Morgan fingerprint density at radius 1 is 1.15 bits per heavy atom. The quantitative estimate of drug-likeness (QED) is 0.928. The lowest BCUT2D eigenvalue weighted by Crippen LogP contribution is -2.25. The number of benzene rings is 2.